The normalized spacial score (nSPS) is 18.4. The van der Waals surface area contributed by atoms with E-state index in [4.69, 9.17) is 0 Å². The van der Waals surface area contributed by atoms with Crippen molar-refractivity contribution in [1.82, 2.24) is 0 Å². The van der Waals surface area contributed by atoms with Gasteiger partial charge in [-0.25, -0.2) is 4.39 Å². The van der Waals surface area contributed by atoms with Crippen molar-refractivity contribution in [2.24, 2.45) is 0 Å². The summed E-state index contributed by atoms with van der Waals surface area (Å²) in [5.74, 6) is -0.135. The SMILES string of the molecule is CC(C)(C)c1ccc(N2CCC(c3ccc(C(F)(F)F)cc3)C2)c(F)c1. The number of hydrogen-bond donors (Lipinski definition) is 0. The molecule has 2 aromatic carbocycles. The molecule has 1 saturated heterocycles. The van der Waals surface area contributed by atoms with E-state index in [1.165, 1.54) is 12.1 Å². The Morgan fingerprint density at radius 2 is 1.54 bits per heavy atom. The Kier molecular flexibility index (Phi) is 4.76. The molecule has 1 aliphatic rings. The highest BCUT2D eigenvalue weighted by Crippen LogP contribution is 2.35. The van der Waals surface area contributed by atoms with Crippen molar-refractivity contribution in [2.45, 2.75) is 44.7 Å². The minimum absolute atomic E-state index is 0.110. The van der Waals surface area contributed by atoms with E-state index in [1.54, 1.807) is 6.07 Å². The van der Waals surface area contributed by atoms with Crippen LogP contribution in [0.25, 0.3) is 0 Å². The second-order valence-electron chi connectivity index (χ2n) is 7.97. The van der Waals surface area contributed by atoms with E-state index in [0.29, 0.717) is 18.8 Å². The van der Waals surface area contributed by atoms with Crippen LogP contribution in [0.5, 0.6) is 0 Å². The summed E-state index contributed by atoms with van der Waals surface area (Å²) < 4.78 is 52.7. The third-order valence-corrected chi connectivity index (χ3v) is 5.05. The van der Waals surface area contributed by atoms with Crippen LogP contribution in [0.15, 0.2) is 42.5 Å². The zero-order valence-electron chi connectivity index (χ0n) is 15.2. The molecular weight excluding hydrogens is 342 g/mol. The van der Waals surface area contributed by atoms with Gasteiger partial charge in [-0.3, -0.25) is 0 Å². The maximum Gasteiger partial charge on any atom is 0.416 e. The molecule has 5 heteroatoms. The number of nitrogens with zero attached hydrogens (tertiary/aromatic N) is 1. The molecule has 0 bridgehead atoms. The first-order valence-corrected chi connectivity index (χ1v) is 8.78. The molecule has 1 atom stereocenters. The highest BCUT2D eigenvalue weighted by Gasteiger charge is 2.31. The van der Waals surface area contributed by atoms with Gasteiger partial charge in [0, 0.05) is 19.0 Å². The van der Waals surface area contributed by atoms with Crippen LogP contribution < -0.4 is 4.90 Å². The summed E-state index contributed by atoms with van der Waals surface area (Å²) in [5, 5.41) is 0. The fraction of sp³-hybridized carbons (Fsp3) is 0.429. The predicted molar refractivity (Wildman–Crippen MR) is 96.1 cm³/mol. The molecule has 0 amide bonds. The molecule has 0 aliphatic carbocycles. The average Bonchev–Trinajstić information content (AvgIpc) is 3.03. The summed E-state index contributed by atoms with van der Waals surface area (Å²) >= 11 is 0. The molecule has 26 heavy (non-hydrogen) atoms. The lowest BCUT2D eigenvalue weighted by atomic mass is 9.87. The lowest BCUT2D eigenvalue weighted by Gasteiger charge is -2.23. The van der Waals surface area contributed by atoms with Gasteiger partial charge >= 0.3 is 6.18 Å². The van der Waals surface area contributed by atoms with Crippen molar-refractivity contribution in [2.75, 3.05) is 18.0 Å². The topological polar surface area (TPSA) is 3.24 Å². The van der Waals surface area contributed by atoms with Gasteiger partial charge in [0.2, 0.25) is 0 Å². The van der Waals surface area contributed by atoms with Gasteiger partial charge in [0.1, 0.15) is 5.82 Å². The number of rotatable bonds is 2. The number of halogens is 4. The van der Waals surface area contributed by atoms with E-state index in [2.05, 4.69) is 0 Å². The monoisotopic (exact) mass is 365 g/mol. The summed E-state index contributed by atoms with van der Waals surface area (Å²) in [6, 6.07) is 10.7. The molecule has 1 heterocycles. The number of benzene rings is 2. The van der Waals surface area contributed by atoms with Gasteiger partial charge < -0.3 is 4.90 Å². The van der Waals surface area contributed by atoms with Crippen LogP contribution in [-0.4, -0.2) is 13.1 Å². The lowest BCUT2D eigenvalue weighted by molar-refractivity contribution is -0.137. The molecular formula is C21H23F4N. The van der Waals surface area contributed by atoms with Crippen LogP contribution in [0.2, 0.25) is 0 Å². The second kappa shape index (κ2) is 6.60. The minimum atomic E-state index is -4.32. The summed E-state index contributed by atoms with van der Waals surface area (Å²) in [4.78, 5) is 1.98. The van der Waals surface area contributed by atoms with Crippen molar-refractivity contribution in [3.05, 3.63) is 65.0 Å². The summed E-state index contributed by atoms with van der Waals surface area (Å²) in [7, 11) is 0. The van der Waals surface area contributed by atoms with Crippen LogP contribution in [0.3, 0.4) is 0 Å². The van der Waals surface area contributed by atoms with Crippen molar-refractivity contribution in [3.63, 3.8) is 0 Å². The molecule has 140 valence electrons. The predicted octanol–water partition coefficient (Wildman–Crippen LogP) is 6.14. The molecule has 1 aliphatic heterocycles. The molecule has 2 aromatic rings. The zero-order chi connectivity index (χ0) is 19.1. The first kappa shape index (κ1) is 18.7. The first-order chi connectivity index (χ1) is 12.1. The van der Waals surface area contributed by atoms with Crippen LogP contribution in [0.1, 0.15) is 49.8 Å². The highest BCUT2D eigenvalue weighted by molar-refractivity contribution is 5.52. The zero-order valence-corrected chi connectivity index (χ0v) is 15.2. The van der Waals surface area contributed by atoms with E-state index in [-0.39, 0.29) is 17.2 Å². The Morgan fingerprint density at radius 1 is 0.923 bits per heavy atom. The van der Waals surface area contributed by atoms with Gasteiger partial charge in [0.15, 0.2) is 0 Å². The Labute approximate surface area is 151 Å². The summed E-state index contributed by atoms with van der Waals surface area (Å²) in [6.45, 7) is 7.42. The van der Waals surface area contributed by atoms with Crippen LogP contribution >= 0.6 is 0 Å². The molecule has 0 aromatic heterocycles. The van der Waals surface area contributed by atoms with Gasteiger partial charge in [0.25, 0.3) is 0 Å². The van der Waals surface area contributed by atoms with Crippen molar-refractivity contribution >= 4 is 5.69 Å². The fourth-order valence-electron chi connectivity index (χ4n) is 3.43. The van der Waals surface area contributed by atoms with Gasteiger partial charge in [-0.05, 0) is 47.2 Å². The summed E-state index contributed by atoms with van der Waals surface area (Å²) in [5.41, 5.74) is 1.62. The molecule has 1 unspecified atom stereocenters. The maximum absolute atomic E-state index is 14.6. The average molecular weight is 365 g/mol. The largest absolute Gasteiger partial charge is 0.416 e. The maximum atomic E-state index is 14.6. The molecule has 1 nitrogen and oxygen atoms in total. The first-order valence-electron chi connectivity index (χ1n) is 8.78. The second-order valence-corrected chi connectivity index (χ2v) is 7.97. The van der Waals surface area contributed by atoms with E-state index in [9.17, 15) is 17.6 Å². The molecule has 0 radical (unpaired) electrons. The van der Waals surface area contributed by atoms with Gasteiger partial charge in [-0.15, -0.1) is 0 Å². The fourth-order valence-corrected chi connectivity index (χ4v) is 3.43. The van der Waals surface area contributed by atoms with Crippen molar-refractivity contribution < 1.29 is 17.6 Å². The van der Waals surface area contributed by atoms with Crippen LogP contribution in [0, 0.1) is 5.82 Å². The third-order valence-electron chi connectivity index (χ3n) is 5.05. The van der Waals surface area contributed by atoms with Gasteiger partial charge in [-0.1, -0.05) is 39.0 Å². The van der Waals surface area contributed by atoms with Gasteiger partial charge in [0.05, 0.1) is 11.3 Å². The van der Waals surface area contributed by atoms with E-state index in [0.717, 1.165) is 29.7 Å². The van der Waals surface area contributed by atoms with Crippen LogP contribution in [-0.2, 0) is 11.6 Å². The summed E-state index contributed by atoms with van der Waals surface area (Å²) in [6.07, 6.45) is -3.52. The number of hydrogen-bond acceptors (Lipinski definition) is 1. The lowest BCUT2D eigenvalue weighted by Crippen LogP contribution is -2.21. The molecule has 0 spiro atoms. The molecule has 0 N–H and O–H groups in total. The quantitative estimate of drug-likeness (QED) is 0.578. The number of alkyl halides is 3. The molecule has 3 rings (SSSR count). The van der Waals surface area contributed by atoms with E-state index < -0.39 is 11.7 Å². The minimum Gasteiger partial charge on any atom is -0.369 e. The van der Waals surface area contributed by atoms with Crippen molar-refractivity contribution in [1.29, 1.82) is 0 Å². The number of anilines is 1. The smallest absolute Gasteiger partial charge is 0.369 e. The Morgan fingerprint density at radius 3 is 2.08 bits per heavy atom. The van der Waals surface area contributed by atoms with Gasteiger partial charge in [-0.2, -0.15) is 13.2 Å². The standard InChI is InChI=1S/C21H23F4N/c1-20(2,3)17-8-9-19(18(22)12-17)26-11-10-15(13-26)14-4-6-16(7-5-14)21(23,24)25/h4-9,12,15H,10-11,13H2,1-3H3. The third kappa shape index (κ3) is 3.87. The Hall–Kier alpha value is -2.04. The Balaban J connectivity index is 1.75. The molecule has 1 fully saturated rings. The van der Waals surface area contributed by atoms with E-state index >= 15 is 0 Å². The van der Waals surface area contributed by atoms with Crippen molar-refractivity contribution in [3.8, 4) is 0 Å². The van der Waals surface area contributed by atoms with E-state index in [1.807, 2.05) is 37.8 Å². The molecule has 0 saturated carbocycles. The Bertz CT molecular complexity index is 772. The van der Waals surface area contributed by atoms with Crippen LogP contribution in [0.4, 0.5) is 23.2 Å². The highest BCUT2D eigenvalue weighted by atomic mass is 19.4.